The van der Waals surface area contributed by atoms with E-state index in [2.05, 4.69) is 10.4 Å². The molecule has 0 fully saturated rings. The molecule has 0 saturated heterocycles. The van der Waals surface area contributed by atoms with Crippen LogP contribution >= 0.6 is 0 Å². The first-order chi connectivity index (χ1) is 11.6. The number of dihydropyridines is 1. The number of rotatable bonds is 2. The number of nitrogens with zero attached hydrogens (tertiary/aromatic N) is 2. The van der Waals surface area contributed by atoms with Crippen LogP contribution in [-0.2, 0) is 6.18 Å². The maximum Gasteiger partial charge on any atom is 0.418 e. The number of aliphatic hydroxyl groups is 1. The summed E-state index contributed by atoms with van der Waals surface area (Å²) >= 11 is 0. The number of aliphatic hydroxyl groups excluding tert-OH is 1. The molecule has 1 aromatic carbocycles. The van der Waals surface area contributed by atoms with Crippen LogP contribution in [0.25, 0.3) is 16.6 Å². The Hall–Kier alpha value is -2.49. The Balaban J connectivity index is 2.06. The highest BCUT2D eigenvalue weighted by molar-refractivity contribution is 5.86. The zero-order chi connectivity index (χ0) is 18.4. The lowest BCUT2D eigenvalue weighted by atomic mass is 10.1. The lowest BCUT2D eigenvalue weighted by Crippen LogP contribution is -2.35. The normalized spacial score (nSPS) is 17.1. The van der Waals surface area contributed by atoms with Gasteiger partial charge in [-0.1, -0.05) is 6.07 Å². The fourth-order valence-corrected chi connectivity index (χ4v) is 2.57. The molecule has 1 aromatic heterocycles. The van der Waals surface area contributed by atoms with Gasteiger partial charge in [-0.15, -0.1) is 0 Å². The molecule has 1 aliphatic rings. The summed E-state index contributed by atoms with van der Waals surface area (Å²) in [5.41, 5.74) is -1.08. The van der Waals surface area contributed by atoms with Crippen LogP contribution in [0.2, 0.25) is 0 Å². The fourth-order valence-electron chi connectivity index (χ4n) is 2.57. The lowest BCUT2D eigenvalue weighted by Gasteiger charge is -2.22. The quantitative estimate of drug-likeness (QED) is 0.805. The van der Waals surface area contributed by atoms with Gasteiger partial charge in [0, 0.05) is 18.1 Å². The van der Waals surface area contributed by atoms with Gasteiger partial charge in [0.1, 0.15) is 0 Å². The van der Waals surface area contributed by atoms with Crippen molar-refractivity contribution in [3.63, 3.8) is 0 Å². The van der Waals surface area contributed by atoms with Crippen LogP contribution < -0.4 is 5.32 Å². The van der Waals surface area contributed by atoms with Crippen molar-refractivity contribution in [1.82, 2.24) is 15.1 Å². The minimum Gasteiger partial charge on any atom is -0.385 e. The first-order valence-corrected chi connectivity index (χ1v) is 7.02. The minimum absolute atomic E-state index is 0.0823. The van der Waals surface area contributed by atoms with Crippen molar-refractivity contribution in [3.05, 3.63) is 47.8 Å². The summed E-state index contributed by atoms with van der Waals surface area (Å²) in [5, 5.41) is 15.6. The van der Waals surface area contributed by atoms with E-state index in [1.165, 1.54) is 18.3 Å². The van der Waals surface area contributed by atoms with Gasteiger partial charge in [-0.25, -0.2) is 4.68 Å². The van der Waals surface area contributed by atoms with Crippen molar-refractivity contribution in [2.24, 2.45) is 0 Å². The van der Waals surface area contributed by atoms with Crippen molar-refractivity contribution in [2.45, 2.75) is 18.5 Å². The molecule has 0 saturated carbocycles. The molecule has 2 heterocycles. The highest BCUT2D eigenvalue weighted by Gasteiger charge is 2.41. The molecule has 0 amide bonds. The van der Waals surface area contributed by atoms with E-state index in [0.717, 1.165) is 23.0 Å². The van der Waals surface area contributed by atoms with Gasteiger partial charge in [-0.05, 0) is 23.8 Å². The number of aromatic nitrogens is 2. The van der Waals surface area contributed by atoms with Gasteiger partial charge >= 0.3 is 12.4 Å². The summed E-state index contributed by atoms with van der Waals surface area (Å²) in [4.78, 5) is 0. The molecular weight excluding hydrogens is 352 g/mol. The summed E-state index contributed by atoms with van der Waals surface area (Å²) in [6.07, 6.45) is -8.72. The van der Waals surface area contributed by atoms with E-state index in [-0.39, 0.29) is 28.7 Å². The standard InChI is InChI=1S/C15H11F6N3O/c16-14(17,18)11-2-1-3-12-10(11)7-23-24(12)9-4-8(5-22-6-9)13(25)15(19,20)21/h1-4,6-7,13,22,25H,5H2/t13-/m0/s1. The van der Waals surface area contributed by atoms with Crippen molar-refractivity contribution in [2.75, 3.05) is 6.54 Å². The molecule has 0 radical (unpaired) electrons. The third-order valence-electron chi connectivity index (χ3n) is 3.71. The van der Waals surface area contributed by atoms with E-state index in [0.29, 0.717) is 0 Å². The molecule has 2 aromatic rings. The predicted molar refractivity (Wildman–Crippen MR) is 77.2 cm³/mol. The molecule has 1 aliphatic heterocycles. The second-order valence-corrected chi connectivity index (χ2v) is 5.41. The molecule has 0 aliphatic carbocycles. The Morgan fingerprint density at radius 3 is 2.52 bits per heavy atom. The summed E-state index contributed by atoms with van der Waals surface area (Å²) in [5.74, 6) is 0. The number of hydrogen-bond donors (Lipinski definition) is 2. The summed E-state index contributed by atoms with van der Waals surface area (Å²) < 4.78 is 78.2. The highest BCUT2D eigenvalue weighted by Crippen LogP contribution is 2.35. The molecule has 0 spiro atoms. The van der Waals surface area contributed by atoms with Gasteiger partial charge in [0.2, 0.25) is 0 Å². The maximum absolute atomic E-state index is 13.0. The minimum atomic E-state index is -4.84. The molecular formula is C15H11F6N3O. The van der Waals surface area contributed by atoms with Gasteiger partial charge in [0.15, 0.2) is 6.10 Å². The van der Waals surface area contributed by atoms with Crippen molar-refractivity contribution in [3.8, 4) is 0 Å². The van der Waals surface area contributed by atoms with Crippen molar-refractivity contribution < 1.29 is 31.4 Å². The topological polar surface area (TPSA) is 50.1 Å². The largest absolute Gasteiger partial charge is 0.418 e. The average Bonchev–Trinajstić information content (AvgIpc) is 2.96. The zero-order valence-corrected chi connectivity index (χ0v) is 12.4. The molecule has 10 heteroatoms. The molecule has 0 unspecified atom stereocenters. The maximum atomic E-state index is 13.0. The number of fused-ring (bicyclic) bond motifs is 1. The number of hydrogen-bond acceptors (Lipinski definition) is 3. The molecule has 134 valence electrons. The van der Waals surface area contributed by atoms with Crippen LogP contribution in [0.15, 0.2) is 42.2 Å². The van der Waals surface area contributed by atoms with E-state index in [1.807, 2.05) is 0 Å². The van der Waals surface area contributed by atoms with E-state index >= 15 is 0 Å². The van der Waals surface area contributed by atoms with Crippen LogP contribution in [0.3, 0.4) is 0 Å². The number of allylic oxidation sites excluding steroid dienone is 2. The Morgan fingerprint density at radius 2 is 1.88 bits per heavy atom. The third-order valence-corrected chi connectivity index (χ3v) is 3.71. The summed E-state index contributed by atoms with van der Waals surface area (Å²) in [6.45, 7) is -0.239. The monoisotopic (exact) mass is 363 g/mol. The second kappa shape index (κ2) is 5.80. The smallest absolute Gasteiger partial charge is 0.385 e. The first-order valence-electron chi connectivity index (χ1n) is 7.02. The summed E-state index contributed by atoms with van der Waals surface area (Å²) in [6, 6.07) is 3.46. The Kier molecular flexibility index (Phi) is 4.02. The molecule has 3 rings (SSSR count). The van der Waals surface area contributed by atoms with Crippen LogP contribution in [0.5, 0.6) is 0 Å². The van der Waals surface area contributed by atoms with E-state index in [1.54, 1.807) is 0 Å². The Morgan fingerprint density at radius 1 is 1.16 bits per heavy atom. The van der Waals surface area contributed by atoms with Crippen LogP contribution in [0.4, 0.5) is 26.3 Å². The predicted octanol–water partition coefficient (Wildman–Crippen LogP) is 3.31. The third kappa shape index (κ3) is 3.21. The zero-order valence-electron chi connectivity index (χ0n) is 12.4. The Bertz CT molecular complexity index is 862. The molecule has 1 atom stereocenters. The van der Waals surface area contributed by atoms with Crippen LogP contribution in [0.1, 0.15) is 5.56 Å². The molecule has 2 N–H and O–H groups in total. The second-order valence-electron chi connectivity index (χ2n) is 5.41. The first kappa shape index (κ1) is 17.3. The average molecular weight is 363 g/mol. The number of halogens is 6. The fraction of sp³-hybridized carbons (Fsp3) is 0.267. The number of alkyl halides is 6. The van der Waals surface area contributed by atoms with Crippen LogP contribution in [0, 0.1) is 0 Å². The van der Waals surface area contributed by atoms with Crippen molar-refractivity contribution >= 4 is 16.6 Å². The molecule has 25 heavy (non-hydrogen) atoms. The molecule has 4 nitrogen and oxygen atoms in total. The van der Waals surface area contributed by atoms with Gasteiger partial charge in [-0.3, -0.25) is 0 Å². The van der Waals surface area contributed by atoms with Gasteiger partial charge in [0.05, 0.1) is 23.0 Å². The highest BCUT2D eigenvalue weighted by atomic mass is 19.4. The van der Waals surface area contributed by atoms with Crippen molar-refractivity contribution in [1.29, 1.82) is 0 Å². The van der Waals surface area contributed by atoms with Gasteiger partial charge in [0.25, 0.3) is 0 Å². The summed E-state index contributed by atoms with van der Waals surface area (Å²) in [7, 11) is 0. The Labute approximate surface area is 137 Å². The van der Waals surface area contributed by atoms with Crippen LogP contribution in [-0.4, -0.2) is 33.7 Å². The number of nitrogens with one attached hydrogen (secondary N) is 1. The van der Waals surface area contributed by atoms with E-state index in [4.69, 9.17) is 0 Å². The number of benzene rings is 1. The van der Waals surface area contributed by atoms with Gasteiger partial charge in [-0.2, -0.15) is 31.4 Å². The SMILES string of the molecule is O[C@@H](C1=CC(n2ncc3c(C(F)(F)F)cccc32)=CNC1)C(F)(F)F. The van der Waals surface area contributed by atoms with Gasteiger partial charge < -0.3 is 10.4 Å². The van der Waals surface area contributed by atoms with E-state index < -0.39 is 24.0 Å². The molecule has 0 bridgehead atoms. The van der Waals surface area contributed by atoms with E-state index in [9.17, 15) is 31.4 Å². The lowest BCUT2D eigenvalue weighted by molar-refractivity contribution is -0.191.